The normalized spacial score (nSPS) is 16.3. The van der Waals surface area contributed by atoms with E-state index in [2.05, 4.69) is 15.3 Å². The summed E-state index contributed by atoms with van der Waals surface area (Å²) in [6.45, 7) is 0.809. The Bertz CT molecular complexity index is 1160. The molecular weight excluding hydrogens is 390 g/mol. The van der Waals surface area contributed by atoms with Crippen LogP contribution in [0.5, 0.6) is 0 Å². The molecule has 1 aliphatic heterocycles. The summed E-state index contributed by atoms with van der Waals surface area (Å²) < 4.78 is 26.4. The largest absolute Gasteiger partial charge is 0.299 e. The van der Waals surface area contributed by atoms with Gasteiger partial charge in [0.25, 0.3) is 0 Å². The molecule has 2 aromatic heterocycles. The first-order valence-corrected chi connectivity index (χ1v) is 11.4. The molecule has 1 saturated heterocycles. The van der Waals surface area contributed by atoms with Gasteiger partial charge in [-0.05, 0) is 30.4 Å². The maximum atomic E-state index is 12.7. The number of benzene rings is 1. The van der Waals surface area contributed by atoms with E-state index in [9.17, 15) is 13.2 Å². The summed E-state index contributed by atoms with van der Waals surface area (Å²) in [7, 11) is -1.36. The number of hydrogen-bond donors (Lipinski definition) is 0. The van der Waals surface area contributed by atoms with E-state index in [-0.39, 0.29) is 18.1 Å². The number of hydrogen-bond acceptors (Lipinski definition) is 6. The lowest BCUT2D eigenvalue weighted by molar-refractivity contribution is -0.123. The maximum absolute atomic E-state index is 12.7. The van der Waals surface area contributed by atoms with Crippen molar-refractivity contribution in [2.24, 2.45) is 13.0 Å². The Balaban J connectivity index is 1.48. The molecule has 0 spiro atoms. The minimum atomic E-state index is -3.19. The maximum Gasteiger partial charge on any atom is 0.211 e. The Kier molecular flexibility index (Phi) is 5.18. The topological polar surface area (TPSA) is 98.1 Å². The summed E-state index contributed by atoms with van der Waals surface area (Å²) in [5.74, 6) is 0.00602. The average Bonchev–Trinajstić information content (AvgIpc) is 3.13. The molecular formula is C20H23N5O3S. The lowest BCUT2D eigenvalue weighted by Crippen LogP contribution is -2.39. The third-order valence-corrected chi connectivity index (χ3v) is 6.71. The number of Topliss-reactive ketones (excluding diaryl/α,β-unsaturated/α-hetero) is 1. The van der Waals surface area contributed by atoms with Crippen LogP contribution in [0.2, 0.25) is 0 Å². The van der Waals surface area contributed by atoms with Crippen molar-refractivity contribution in [1.82, 2.24) is 24.3 Å². The van der Waals surface area contributed by atoms with Crippen LogP contribution < -0.4 is 0 Å². The van der Waals surface area contributed by atoms with Gasteiger partial charge >= 0.3 is 0 Å². The Morgan fingerprint density at radius 1 is 1.17 bits per heavy atom. The van der Waals surface area contributed by atoms with Gasteiger partial charge in [0.15, 0.2) is 0 Å². The standard InChI is InChI=1S/C20H23N5O3S/c1-24-13-19(22-23-24)15-3-4-16-12-21-18(10-17(16)9-15)11-20(26)14-5-7-25(8-6-14)29(2,27)28/h3-4,9-10,12-14H,5-8,11H2,1-2H3. The number of carbonyl (C=O) groups is 1. The van der Waals surface area contributed by atoms with Crippen LogP contribution in [0.1, 0.15) is 18.5 Å². The highest BCUT2D eigenvalue weighted by Crippen LogP contribution is 2.25. The van der Waals surface area contributed by atoms with E-state index in [1.54, 1.807) is 10.9 Å². The lowest BCUT2D eigenvalue weighted by atomic mass is 9.91. The monoisotopic (exact) mass is 413 g/mol. The molecule has 152 valence electrons. The van der Waals surface area contributed by atoms with Gasteiger partial charge in [-0.15, -0.1) is 5.10 Å². The van der Waals surface area contributed by atoms with E-state index in [4.69, 9.17) is 0 Å². The number of carbonyl (C=O) groups excluding carboxylic acids is 1. The number of piperidine rings is 1. The molecule has 8 nitrogen and oxygen atoms in total. The summed E-state index contributed by atoms with van der Waals surface area (Å²) >= 11 is 0. The second-order valence-electron chi connectivity index (χ2n) is 7.59. The Labute approximate surface area is 169 Å². The van der Waals surface area contributed by atoms with Gasteiger partial charge < -0.3 is 0 Å². The molecule has 0 radical (unpaired) electrons. The molecule has 3 heterocycles. The first-order chi connectivity index (χ1) is 13.8. The van der Waals surface area contributed by atoms with Crippen molar-refractivity contribution in [3.8, 4) is 11.3 Å². The van der Waals surface area contributed by atoms with Crippen molar-refractivity contribution < 1.29 is 13.2 Å². The van der Waals surface area contributed by atoms with Gasteiger partial charge in [0.05, 0.1) is 12.5 Å². The van der Waals surface area contributed by atoms with Gasteiger partial charge in [0.1, 0.15) is 11.5 Å². The van der Waals surface area contributed by atoms with Crippen LogP contribution >= 0.6 is 0 Å². The van der Waals surface area contributed by atoms with Gasteiger partial charge in [-0.3, -0.25) is 14.5 Å². The number of ketones is 1. The highest BCUT2D eigenvalue weighted by atomic mass is 32.2. The van der Waals surface area contributed by atoms with Gasteiger partial charge in [-0.1, -0.05) is 17.3 Å². The predicted octanol–water partition coefficient (Wildman–Crippen LogP) is 1.81. The van der Waals surface area contributed by atoms with E-state index < -0.39 is 10.0 Å². The smallest absolute Gasteiger partial charge is 0.211 e. The number of pyridine rings is 1. The molecule has 1 fully saturated rings. The van der Waals surface area contributed by atoms with Crippen LogP contribution in [-0.4, -0.2) is 57.8 Å². The van der Waals surface area contributed by atoms with E-state index in [0.717, 1.165) is 27.7 Å². The first kappa shape index (κ1) is 19.7. The highest BCUT2D eigenvalue weighted by molar-refractivity contribution is 7.88. The van der Waals surface area contributed by atoms with Gasteiger partial charge in [-0.25, -0.2) is 12.7 Å². The summed E-state index contributed by atoms with van der Waals surface area (Å²) in [6.07, 6.45) is 6.24. The molecule has 0 amide bonds. The number of aromatic nitrogens is 4. The molecule has 29 heavy (non-hydrogen) atoms. The van der Waals surface area contributed by atoms with Crippen molar-refractivity contribution in [2.75, 3.05) is 19.3 Å². The van der Waals surface area contributed by atoms with Crippen LogP contribution in [0.3, 0.4) is 0 Å². The van der Waals surface area contributed by atoms with Crippen molar-refractivity contribution in [3.05, 3.63) is 42.4 Å². The van der Waals surface area contributed by atoms with Crippen molar-refractivity contribution in [1.29, 1.82) is 0 Å². The highest BCUT2D eigenvalue weighted by Gasteiger charge is 2.28. The van der Waals surface area contributed by atoms with Crippen LogP contribution in [0, 0.1) is 5.92 Å². The van der Waals surface area contributed by atoms with Crippen LogP contribution in [0.25, 0.3) is 22.0 Å². The van der Waals surface area contributed by atoms with E-state index in [0.29, 0.717) is 25.9 Å². The van der Waals surface area contributed by atoms with E-state index >= 15 is 0 Å². The van der Waals surface area contributed by atoms with Crippen LogP contribution in [-0.2, 0) is 28.3 Å². The summed E-state index contributed by atoms with van der Waals surface area (Å²) in [6, 6.07) is 7.94. The van der Waals surface area contributed by atoms with Crippen LogP contribution in [0.4, 0.5) is 0 Å². The van der Waals surface area contributed by atoms with E-state index in [1.807, 2.05) is 37.5 Å². The SMILES string of the molecule is Cn1cc(-c2ccc3cnc(CC(=O)C4CCN(S(C)(=O)=O)CC4)cc3c2)nn1. The number of rotatable bonds is 5. The molecule has 9 heteroatoms. The molecule has 0 bridgehead atoms. The average molecular weight is 414 g/mol. The fourth-order valence-corrected chi connectivity index (χ4v) is 4.63. The Morgan fingerprint density at radius 2 is 1.93 bits per heavy atom. The number of fused-ring (bicyclic) bond motifs is 1. The molecule has 4 rings (SSSR count). The molecule has 3 aromatic rings. The lowest BCUT2D eigenvalue weighted by Gasteiger charge is -2.29. The van der Waals surface area contributed by atoms with Gasteiger partial charge in [-0.2, -0.15) is 0 Å². The fraction of sp³-hybridized carbons (Fsp3) is 0.400. The third-order valence-electron chi connectivity index (χ3n) is 5.41. The fourth-order valence-electron chi connectivity index (χ4n) is 3.75. The number of nitrogens with zero attached hydrogens (tertiary/aromatic N) is 5. The minimum absolute atomic E-state index is 0.114. The van der Waals surface area contributed by atoms with Crippen molar-refractivity contribution >= 4 is 26.6 Å². The third kappa shape index (κ3) is 4.35. The molecule has 0 N–H and O–H groups in total. The zero-order valence-corrected chi connectivity index (χ0v) is 17.3. The zero-order valence-electron chi connectivity index (χ0n) is 16.4. The molecule has 0 aliphatic carbocycles. The van der Waals surface area contributed by atoms with E-state index in [1.165, 1.54) is 10.6 Å². The number of sulfonamides is 1. The first-order valence-electron chi connectivity index (χ1n) is 9.53. The molecule has 0 atom stereocenters. The predicted molar refractivity (Wildman–Crippen MR) is 110 cm³/mol. The second-order valence-corrected chi connectivity index (χ2v) is 9.58. The minimum Gasteiger partial charge on any atom is -0.299 e. The number of aryl methyl sites for hydroxylation is 1. The Morgan fingerprint density at radius 3 is 2.59 bits per heavy atom. The van der Waals surface area contributed by atoms with Gasteiger partial charge in [0, 0.05) is 55.3 Å². The van der Waals surface area contributed by atoms with Gasteiger partial charge in [0.2, 0.25) is 10.0 Å². The summed E-state index contributed by atoms with van der Waals surface area (Å²) in [5.41, 5.74) is 2.48. The molecule has 0 saturated carbocycles. The second kappa shape index (κ2) is 7.64. The molecule has 1 aromatic carbocycles. The molecule has 1 aliphatic rings. The zero-order chi connectivity index (χ0) is 20.6. The molecule has 0 unspecified atom stereocenters. The Hall–Kier alpha value is -2.65. The summed E-state index contributed by atoms with van der Waals surface area (Å²) in [4.78, 5) is 17.2. The van der Waals surface area contributed by atoms with Crippen LogP contribution in [0.15, 0.2) is 36.7 Å². The summed E-state index contributed by atoms with van der Waals surface area (Å²) in [5, 5.41) is 10.1. The van der Waals surface area contributed by atoms with Crippen molar-refractivity contribution in [3.63, 3.8) is 0 Å². The van der Waals surface area contributed by atoms with Crippen molar-refractivity contribution in [2.45, 2.75) is 19.3 Å². The quantitative estimate of drug-likeness (QED) is 0.633.